The lowest BCUT2D eigenvalue weighted by atomic mass is 9.85. The Morgan fingerprint density at radius 2 is 1.73 bits per heavy atom. The van der Waals surface area contributed by atoms with E-state index in [1.807, 2.05) is 6.92 Å². The molecule has 0 bridgehead atoms. The summed E-state index contributed by atoms with van der Waals surface area (Å²) in [6.07, 6.45) is 0. The number of carbonyl (C=O) groups excluding carboxylic acids is 1. The Morgan fingerprint density at radius 3 is 2.13 bits per heavy atom. The number of carbonyl (C=O) groups is 1. The molecule has 3 nitrogen and oxygen atoms in total. The first kappa shape index (κ1) is 14.4. The summed E-state index contributed by atoms with van der Waals surface area (Å²) in [5, 5.41) is 2.92. The Labute approximate surface area is 93.6 Å². The van der Waals surface area contributed by atoms with Gasteiger partial charge in [-0.15, -0.1) is 0 Å². The van der Waals surface area contributed by atoms with E-state index >= 15 is 0 Å². The molecule has 90 valence electrons. The molecule has 0 aliphatic carbocycles. The molecule has 0 radical (unpaired) electrons. The first-order valence-electron chi connectivity index (χ1n) is 5.83. The van der Waals surface area contributed by atoms with Gasteiger partial charge in [0.1, 0.15) is 6.61 Å². The highest BCUT2D eigenvalue weighted by Crippen LogP contribution is 2.19. The molecule has 0 saturated heterocycles. The van der Waals surface area contributed by atoms with Crippen molar-refractivity contribution >= 4 is 5.91 Å². The minimum atomic E-state index is -0.0110. The smallest absolute Gasteiger partial charge is 0.246 e. The van der Waals surface area contributed by atoms with Crippen LogP contribution in [0.15, 0.2) is 0 Å². The van der Waals surface area contributed by atoms with Gasteiger partial charge < -0.3 is 10.1 Å². The maximum atomic E-state index is 11.3. The van der Waals surface area contributed by atoms with Crippen LogP contribution < -0.4 is 5.32 Å². The van der Waals surface area contributed by atoms with Gasteiger partial charge in [0.05, 0.1) is 0 Å². The molecular formula is C12H25NO2. The molecule has 1 N–H and O–H groups in total. The summed E-state index contributed by atoms with van der Waals surface area (Å²) in [7, 11) is 0. The van der Waals surface area contributed by atoms with E-state index in [2.05, 4.69) is 33.0 Å². The second-order valence-corrected chi connectivity index (χ2v) is 4.59. The summed E-state index contributed by atoms with van der Waals surface area (Å²) in [5.41, 5.74) is 0. The molecular weight excluding hydrogens is 190 g/mol. The van der Waals surface area contributed by atoms with Gasteiger partial charge in [-0.3, -0.25) is 4.79 Å². The molecule has 1 amide bonds. The van der Waals surface area contributed by atoms with Crippen LogP contribution in [-0.4, -0.2) is 25.7 Å². The van der Waals surface area contributed by atoms with E-state index in [4.69, 9.17) is 4.74 Å². The van der Waals surface area contributed by atoms with Crippen molar-refractivity contribution in [3.8, 4) is 0 Å². The van der Waals surface area contributed by atoms with E-state index < -0.39 is 0 Å². The predicted molar refractivity (Wildman–Crippen MR) is 62.7 cm³/mol. The fraction of sp³-hybridized carbons (Fsp3) is 0.917. The highest BCUT2D eigenvalue weighted by atomic mass is 16.5. The quantitative estimate of drug-likeness (QED) is 0.706. The highest BCUT2D eigenvalue weighted by Gasteiger charge is 2.17. The Hall–Kier alpha value is -0.570. The Balaban J connectivity index is 3.84. The molecule has 0 spiro atoms. The third-order valence-corrected chi connectivity index (χ3v) is 2.68. The molecule has 0 fully saturated rings. The highest BCUT2D eigenvalue weighted by molar-refractivity contribution is 5.77. The van der Waals surface area contributed by atoms with Crippen molar-refractivity contribution in [2.24, 2.45) is 17.8 Å². The summed E-state index contributed by atoms with van der Waals surface area (Å²) in [5.74, 6) is 1.72. The van der Waals surface area contributed by atoms with Crippen LogP contribution in [-0.2, 0) is 9.53 Å². The van der Waals surface area contributed by atoms with Gasteiger partial charge in [-0.05, 0) is 24.7 Å². The Kier molecular flexibility index (Phi) is 7.39. The average molecular weight is 215 g/mol. The van der Waals surface area contributed by atoms with Crippen LogP contribution in [0.1, 0.15) is 34.6 Å². The van der Waals surface area contributed by atoms with Gasteiger partial charge in [0.15, 0.2) is 0 Å². The van der Waals surface area contributed by atoms with E-state index in [1.165, 1.54) is 0 Å². The van der Waals surface area contributed by atoms with Crippen LogP contribution in [0.2, 0.25) is 0 Å². The van der Waals surface area contributed by atoms with Gasteiger partial charge in [0.2, 0.25) is 5.91 Å². The third-order valence-electron chi connectivity index (χ3n) is 2.68. The van der Waals surface area contributed by atoms with Gasteiger partial charge in [-0.1, -0.05) is 27.7 Å². The van der Waals surface area contributed by atoms with E-state index in [1.54, 1.807) is 0 Å². The lowest BCUT2D eigenvalue weighted by molar-refractivity contribution is -0.125. The largest absolute Gasteiger partial charge is 0.372 e. The summed E-state index contributed by atoms with van der Waals surface area (Å²) < 4.78 is 5.04. The summed E-state index contributed by atoms with van der Waals surface area (Å²) in [6.45, 7) is 12.2. The standard InChI is InChI=1S/C12H25NO2/c1-6-15-8-12(14)13-7-11(9(2)3)10(4)5/h9-11H,6-8H2,1-5H3,(H,13,14). The molecule has 0 aliphatic heterocycles. The molecule has 0 aromatic rings. The zero-order chi connectivity index (χ0) is 11.8. The monoisotopic (exact) mass is 215 g/mol. The third kappa shape index (κ3) is 6.50. The second-order valence-electron chi connectivity index (χ2n) is 4.59. The molecule has 0 aliphatic rings. The fourth-order valence-corrected chi connectivity index (χ4v) is 1.72. The summed E-state index contributed by atoms with van der Waals surface area (Å²) >= 11 is 0. The van der Waals surface area contributed by atoms with Crippen molar-refractivity contribution in [2.45, 2.75) is 34.6 Å². The number of ether oxygens (including phenoxy) is 1. The summed E-state index contributed by atoms with van der Waals surface area (Å²) in [4.78, 5) is 11.3. The van der Waals surface area contributed by atoms with Gasteiger partial charge >= 0.3 is 0 Å². The van der Waals surface area contributed by atoms with Crippen molar-refractivity contribution in [2.75, 3.05) is 19.8 Å². The Morgan fingerprint density at radius 1 is 1.20 bits per heavy atom. The van der Waals surface area contributed by atoms with Gasteiger partial charge in [0, 0.05) is 13.2 Å². The van der Waals surface area contributed by atoms with Crippen molar-refractivity contribution in [1.82, 2.24) is 5.32 Å². The normalized spacial score (nSPS) is 11.5. The van der Waals surface area contributed by atoms with Crippen molar-refractivity contribution in [3.63, 3.8) is 0 Å². The van der Waals surface area contributed by atoms with Crippen LogP contribution in [0.4, 0.5) is 0 Å². The average Bonchev–Trinajstić information content (AvgIpc) is 2.13. The van der Waals surface area contributed by atoms with Crippen LogP contribution in [0, 0.1) is 17.8 Å². The maximum Gasteiger partial charge on any atom is 0.246 e. The minimum absolute atomic E-state index is 0.0110. The predicted octanol–water partition coefficient (Wildman–Crippen LogP) is 2.07. The molecule has 0 rings (SSSR count). The molecule has 0 unspecified atom stereocenters. The van der Waals surface area contributed by atoms with Crippen molar-refractivity contribution < 1.29 is 9.53 Å². The summed E-state index contributed by atoms with van der Waals surface area (Å²) in [6, 6.07) is 0. The van der Waals surface area contributed by atoms with E-state index in [0.29, 0.717) is 24.4 Å². The van der Waals surface area contributed by atoms with E-state index in [0.717, 1.165) is 6.54 Å². The first-order valence-corrected chi connectivity index (χ1v) is 5.83. The number of hydrogen-bond acceptors (Lipinski definition) is 2. The molecule has 0 saturated carbocycles. The minimum Gasteiger partial charge on any atom is -0.372 e. The topological polar surface area (TPSA) is 38.3 Å². The number of amides is 1. The zero-order valence-corrected chi connectivity index (χ0v) is 10.7. The maximum absolute atomic E-state index is 11.3. The molecule has 0 aromatic heterocycles. The number of nitrogens with one attached hydrogen (secondary N) is 1. The van der Waals surface area contributed by atoms with Crippen LogP contribution >= 0.6 is 0 Å². The fourth-order valence-electron chi connectivity index (χ4n) is 1.72. The Bertz CT molecular complexity index is 170. The second kappa shape index (κ2) is 7.69. The zero-order valence-electron chi connectivity index (χ0n) is 10.7. The number of rotatable bonds is 7. The SMILES string of the molecule is CCOCC(=O)NCC(C(C)C)C(C)C. The molecule has 0 heterocycles. The van der Waals surface area contributed by atoms with Gasteiger partial charge in [0.25, 0.3) is 0 Å². The molecule has 0 atom stereocenters. The molecule has 15 heavy (non-hydrogen) atoms. The van der Waals surface area contributed by atoms with Crippen LogP contribution in [0.3, 0.4) is 0 Å². The lowest BCUT2D eigenvalue weighted by Gasteiger charge is -2.24. The van der Waals surface area contributed by atoms with Crippen molar-refractivity contribution in [3.05, 3.63) is 0 Å². The van der Waals surface area contributed by atoms with Crippen LogP contribution in [0.25, 0.3) is 0 Å². The number of hydrogen-bond donors (Lipinski definition) is 1. The van der Waals surface area contributed by atoms with Gasteiger partial charge in [-0.2, -0.15) is 0 Å². The molecule has 0 aromatic carbocycles. The van der Waals surface area contributed by atoms with Crippen molar-refractivity contribution in [1.29, 1.82) is 0 Å². The van der Waals surface area contributed by atoms with Gasteiger partial charge in [-0.25, -0.2) is 0 Å². The van der Waals surface area contributed by atoms with Crippen LogP contribution in [0.5, 0.6) is 0 Å². The first-order chi connectivity index (χ1) is 6.99. The van der Waals surface area contributed by atoms with E-state index in [9.17, 15) is 4.79 Å². The lowest BCUT2D eigenvalue weighted by Crippen LogP contribution is -2.35. The van der Waals surface area contributed by atoms with E-state index in [-0.39, 0.29) is 12.5 Å². The molecule has 3 heteroatoms.